The van der Waals surface area contributed by atoms with Crippen LogP contribution in [0.3, 0.4) is 0 Å². The molecule has 0 radical (unpaired) electrons. The molecule has 4 nitrogen and oxygen atoms in total. The minimum Gasteiger partial charge on any atom is -0.482 e. The third-order valence-corrected chi connectivity index (χ3v) is 4.08. The lowest BCUT2D eigenvalue weighted by molar-refractivity contribution is -0.118. The van der Waals surface area contributed by atoms with Crippen LogP contribution in [0.25, 0.3) is 11.3 Å². The predicted octanol–water partition coefficient (Wildman–Crippen LogP) is 4.17. The molecule has 122 valence electrons. The van der Waals surface area contributed by atoms with E-state index in [2.05, 4.69) is 4.98 Å². The zero-order valence-electron chi connectivity index (χ0n) is 12.4. The monoisotopic (exact) mass is 449 g/mol. The number of ether oxygens (including phenoxy) is 1. The summed E-state index contributed by atoms with van der Waals surface area (Å²) in [5.41, 5.74) is 1.38. The average molecular weight is 450 g/mol. The first-order chi connectivity index (χ1) is 10.8. The zero-order chi connectivity index (χ0) is 17.1. The summed E-state index contributed by atoms with van der Waals surface area (Å²) in [7, 11) is 0. The van der Waals surface area contributed by atoms with Gasteiger partial charge in [0.1, 0.15) is 18.1 Å². The van der Waals surface area contributed by atoms with Gasteiger partial charge in [-0.25, -0.2) is 9.37 Å². The van der Waals surface area contributed by atoms with Gasteiger partial charge in [-0.3, -0.25) is 4.79 Å². The number of rotatable bonds is 5. The molecule has 0 amide bonds. The van der Waals surface area contributed by atoms with Crippen LogP contribution in [0.1, 0.15) is 25.6 Å². The highest BCUT2D eigenvalue weighted by Gasteiger charge is 2.18. The first-order valence-electron chi connectivity index (χ1n) is 6.75. The second-order valence-corrected chi connectivity index (χ2v) is 6.57. The van der Waals surface area contributed by atoms with Crippen molar-refractivity contribution in [2.24, 2.45) is 0 Å². The number of hydrogen-bond acceptors (Lipinski definition) is 4. The molecule has 7 heteroatoms. The number of hydrogen-bond donors (Lipinski definition) is 1. The third kappa shape index (κ3) is 4.39. The summed E-state index contributed by atoms with van der Waals surface area (Å²) in [4.78, 5) is 15.6. The fraction of sp³-hybridized carbons (Fsp3) is 0.250. The van der Waals surface area contributed by atoms with Crippen LogP contribution in [0, 0.1) is 9.39 Å². The number of benzene rings is 1. The highest BCUT2D eigenvalue weighted by atomic mass is 127. The van der Waals surface area contributed by atoms with E-state index in [1.165, 1.54) is 25.1 Å². The first kappa shape index (κ1) is 18.1. The van der Waals surface area contributed by atoms with E-state index in [1.807, 2.05) is 22.6 Å². The number of carbonyl (C=O) groups is 1. The summed E-state index contributed by atoms with van der Waals surface area (Å²) in [6.07, 6.45) is -0.778. The Kier molecular flexibility index (Phi) is 5.94. The van der Waals surface area contributed by atoms with Gasteiger partial charge in [0.05, 0.1) is 20.4 Å². The number of pyridine rings is 1. The van der Waals surface area contributed by atoms with Gasteiger partial charge in [-0.2, -0.15) is 0 Å². The molecule has 0 saturated carbocycles. The van der Waals surface area contributed by atoms with E-state index in [1.54, 1.807) is 13.0 Å². The van der Waals surface area contributed by atoms with Crippen LogP contribution in [0.15, 0.2) is 24.3 Å². The van der Waals surface area contributed by atoms with Crippen LogP contribution < -0.4 is 4.74 Å². The largest absolute Gasteiger partial charge is 0.482 e. The molecule has 23 heavy (non-hydrogen) atoms. The van der Waals surface area contributed by atoms with E-state index >= 15 is 0 Å². The van der Waals surface area contributed by atoms with E-state index in [4.69, 9.17) is 16.3 Å². The van der Waals surface area contributed by atoms with Crippen molar-refractivity contribution in [3.63, 3.8) is 0 Å². The van der Waals surface area contributed by atoms with Gasteiger partial charge in [0.25, 0.3) is 0 Å². The maximum Gasteiger partial charge on any atom is 0.167 e. The topological polar surface area (TPSA) is 59.4 Å². The minimum atomic E-state index is -0.778. The molecule has 2 rings (SSSR count). The molecule has 2 aromatic rings. The van der Waals surface area contributed by atoms with Crippen LogP contribution >= 0.6 is 34.2 Å². The van der Waals surface area contributed by atoms with Crippen molar-refractivity contribution in [2.75, 3.05) is 6.61 Å². The Balaban J connectivity index is 2.60. The Morgan fingerprint density at radius 3 is 2.74 bits per heavy atom. The number of Topliss-reactive ketones (excluding diaryl/α,β-unsaturated/α-hetero) is 1. The number of nitrogens with zero attached hydrogens (tertiary/aromatic N) is 1. The molecule has 0 saturated heterocycles. The average Bonchev–Trinajstić information content (AvgIpc) is 2.47. The van der Waals surface area contributed by atoms with E-state index in [0.717, 1.165) is 0 Å². The lowest BCUT2D eigenvalue weighted by Gasteiger charge is -2.15. The van der Waals surface area contributed by atoms with Gasteiger partial charge in [-0.05, 0) is 60.7 Å². The molecule has 0 aliphatic carbocycles. The molecular formula is C16H14ClFINO3. The predicted molar refractivity (Wildman–Crippen MR) is 94.2 cm³/mol. The molecule has 0 aliphatic heterocycles. The Hall–Kier alpha value is -1.25. The van der Waals surface area contributed by atoms with Crippen molar-refractivity contribution in [1.82, 2.24) is 4.98 Å². The SMILES string of the molecule is CC(=O)COc1c(I)cc(C(C)O)nc1-c1ccc(F)c(Cl)c1. The second-order valence-electron chi connectivity index (χ2n) is 5.00. The van der Waals surface area contributed by atoms with Gasteiger partial charge in [0.15, 0.2) is 11.5 Å². The maximum absolute atomic E-state index is 13.4. The van der Waals surface area contributed by atoms with Gasteiger partial charge in [-0.15, -0.1) is 0 Å². The number of halogens is 3. The lowest BCUT2D eigenvalue weighted by Crippen LogP contribution is -2.10. The van der Waals surface area contributed by atoms with E-state index in [0.29, 0.717) is 26.3 Å². The molecule has 1 aromatic carbocycles. The van der Waals surface area contributed by atoms with Crippen molar-refractivity contribution in [3.05, 3.63) is 44.4 Å². The highest BCUT2D eigenvalue weighted by molar-refractivity contribution is 14.1. The molecule has 1 atom stereocenters. The highest BCUT2D eigenvalue weighted by Crippen LogP contribution is 2.36. The quantitative estimate of drug-likeness (QED) is 0.696. The van der Waals surface area contributed by atoms with Crippen molar-refractivity contribution in [3.8, 4) is 17.0 Å². The Morgan fingerprint density at radius 2 is 2.17 bits per heavy atom. The van der Waals surface area contributed by atoms with Crippen LogP contribution in [0.4, 0.5) is 4.39 Å². The van der Waals surface area contributed by atoms with Gasteiger partial charge in [0, 0.05) is 5.56 Å². The summed E-state index contributed by atoms with van der Waals surface area (Å²) in [5.74, 6) is -0.278. The summed E-state index contributed by atoms with van der Waals surface area (Å²) in [6.45, 7) is 2.91. The molecule has 1 N–H and O–H groups in total. The molecule has 0 aliphatic rings. The number of aliphatic hydroxyl groups is 1. The molecule has 0 bridgehead atoms. The molecule has 0 fully saturated rings. The van der Waals surface area contributed by atoms with Crippen molar-refractivity contribution in [2.45, 2.75) is 20.0 Å². The van der Waals surface area contributed by atoms with Crippen LogP contribution in [-0.4, -0.2) is 22.5 Å². The normalized spacial score (nSPS) is 12.1. The zero-order valence-corrected chi connectivity index (χ0v) is 15.4. The molecular weight excluding hydrogens is 436 g/mol. The summed E-state index contributed by atoms with van der Waals surface area (Å²) in [5, 5.41) is 9.74. The fourth-order valence-corrected chi connectivity index (χ4v) is 2.80. The molecule has 1 heterocycles. The number of aromatic nitrogens is 1. The Bertz CT molecular complexity index is 752. The maximum atomic E-state index is 13.4. The molecule has 0 spiro atoms. The fourth-order valence-electron chi connectivity index (χ4n) is 1.88. The smallest absolute Gasteiger partial charge is 0.167 e. The minimum absolute atomic E-state index is 0.0423. The van der Waals surface area contributed by atoms with Crippen molar-refractivity contribution < 1.29 is 19.0 Å². The number of ketones is 1. The lowest BCUT2D eigenvalue weighted by atomic mass is 10.1. The van der Waals surface area contributed by atoms with Crippen molar-refractivity contribution >= 4 is 40.0 Å². The summed E-state index contributed by atoms with van der Waals surface area (Å²) < 4.78 is 19.6. The second kappa shape index (κ2) is 7.55. The molecule has 1 unspecified atom stereocenters. The number of carbonyl (C=O) groups excluding carboxylic acids is 1. The number of aliphatic hydroxyl groups excluding tert-OH is 1. The standard InChI is InChI=1S/C16H14ClFINO3/c1-8(21)7-23-16-13(19)6-14(9(2)22)20-15(16)10-3-4-12(18)11(17)5-10/h3-6,9,22H,7H2,1-2H3. The van der Waals surface area contributed by atoms with E-state index in [-0.39, 0.29) is 17.4 Å². The van der Waals surface area contributed by atoms with Crippen LogP contribution in [0.5, 0.6) is 5.75 Å². The van der Waals surface area contributed by atoms with Crippen LogP contribution in [-0.2, 0) is 4.79 Å². The van der Waals surface area contributed by atoms with E-state index in [9.17, 15) is 14.3 Å². The van der Waals surface area contributed by atoms with Gasteiger partial charge >= 0.3 is 0 Å². The van der Waals surface area contributed by atoms with Crippen molar-refractivity contribution in [1.29, 1.82) is 0 Å². The molecule has 1 aromatic heterocycles. The Labute approximate surface area is 151 Å². The summed E-state index contributed by atoms with van der Waals surface area (Å²) in [6, 6.07) is 5.86. The van der Waals surface area contributed by atoms with Gasteiger partial charge < -0.3 is 9.84 Å². The Morgan fingerprint density at radius 1 is 1.48 bits per heavy atom. The van der Waals surface area contributed by atoms with Gasteiger partial charge in [0.2, 0.25) is 0 Å². The van der Waals surface area contributed by atoms with E-state index < -0.39 is 11.9 Å². The first-order valence-corrected chi connectivity index (χ1v) is 8.21. The summed E-state index contributed by atoms with van der Waals surface area (Å²) >= 11 is 7.88. The van der Waals surface area contributed by atoms with Gasteiger partial charge in [-0.1, -0.05) is 11.6 Å². The van der Waals surface area contributed by atoms with Crippen LogP contribution in [0.2, 0.25) is 5.02 Å². The third-order valence-electron chi connectivity index (χ3n) is 2.99.